The summed E-state index contributed by atoms with van der Waals surface area (Å²) in [4.78, 5) is 15.5. The Morgan fingerprint density at radius 1 is 0.808 bits per heavy atom. The minimum atomic E-state index is -0.832. The number of carbonyl (C=O) groups is 1. The zero-order valence-electron chi connectivity index (χ0n) is 14.5. The molecule has 1 amide bonds. The lowest BCUT2D eigenvalue weighted by atomic mass is 9.73. The molecule has 3 aromatic rings. The van der Waals surface area contributed by atoms with Gasteiger partial charge in [-0.15, -0.1) is 0 Å². The highest BCUT2D eigenvalue weighted by Crippen LogP contribution is 2.48. The van der Waals surface area contributed by atoms with Crippen LogP contribution in [0.4, 0.5) is 5.69 Å². The minimum absolute atomic E-state index is 0.0304. The summed E-state index contributed by atoms with van der Waals surface area (Å²) in [6.07, 6.45) is 0.373. The van der Waals surface area contributed by atoms with Crippen LogP contribution in [0, 0.1) is 0 Å². The molecule has 0 aromatic heterocycles. The third kappa shape index (κ3) is 2.52. The summed E-state index contributed by atoms with van der Waals surface area (Å²) in [5.74, 6) is 0.0304. The van der Waals surface area contributed by atoms with Crippen LogP contribution in [-0.2, 0) is 16.8 Å². The van der Waals surface area contributed by atoms with Crippen LogP contribution in [0.25, 0.3) is 0 Å². The van der Waals surface area contributed by atoms with E-state index in [1.165, 1.54) is 0 Å². The highest BCUT2D eigenvalue weighted by atomic mass is 16.3. The smallest absolute Gasteiger partial charge is 0.242 e. The molecule has 0 unspecified atom stereocenters. The number of hydrogen-bond donors (Lipinski definition) is 1. The van der Waals surface area contributed by atoms with Crippen LogP contribution < -0.4 is 4.90 Å². The first kappa shape index (κ1) is 16.6. The molecule has 130 valence electrons. The molecule has 0 radical (unpaired) electrons. The molecule has 0 saturated heterocycles. The first-order valence-corrected chi connectivity index (χ1v) is 8.89. The van der Waals surface area contributed by atoms with Crippen molar-refractivity contribution in [1.82, 2.24) is 0 Å². The van der Waals surface area contributed by atoms with Crippen molar-refractivity contribution in [2.45, 2.75) is 18.4 Å². The Hall–Kier alpha value is -2.91. The maximum Gasteiger partial charge on any atom is 0.242 e. The minimum Gasteiger partial charge on any atom is -0.396 e. The van der Waals surface area contributed by atoms with Crippen LogP contribution in [-0.4, -0.2) is 17.6 Å². The average molecular weight is 343 g/mol. The fourth-order valence-corrected chi connectivity index (χ4v) is 4.00. The van der Waals surface area contributed by atoms with Gasteiger partial charge in [0.05, 0.1) is 6.54 Å². The van der Waals surface area contributed by atoms with E-state index in [1.807, 2.05) is 89.8 Å². The molecule has 3 aromatic carbocycles. The summed E-state index contributed by atoms with van der Waals surface area (Å²) >= 11 is 0. The fourth-order valence-electron chi connectivity index (χ4n) is 4.00. The first-order chi connectivity index (χ1) is 12.8. The number of nitrogens with zero attached hydrogens (tertiary/aromatic N) is 1. The molecule has 0 aliphatic carbocycles. The second-order valence-electron chi connectivity index (χ2n) is 6.64. The van der Waals surface area contributed by atoms with Crippen molar-refractivity contribution in [1.29, 1.82) is 0 Å². The van der Waals surface area contributed by atoms with Gasteiger partial charge in [0, 0.05) is 12.3 Å². The Bertz CT molecular complexity index is 908. The van der Waals surface area contributed by atoms with E-state index in [2.05, 4.69) is 0 Å². The summed E-state index contributed by atoms with van der Waals surface area (Å²) in [7, 11) is 0. The number of carbonyl (C=O) groups excluding carboxylic acids is 1. The number of amides is 1. The molecule has 1 atom stereocenters. The van der Waals surface area contributed by atoms with Crippen LogP contribution in [0.3, 0.4) is 0 Å². The van der Waals surface area contributed by atoms with Crippen LogP contribution >= 0.6 is 0 Å². The van der Waals surface area contributed by atoms with Crippen LogP contribution in [0.15, 0.2) is 84.9 Å². The van der Waals surface area contributed by atoms with E-state index in [4.69, 9.17) is 0 Å². The van der Waals surface area contributed by atoms with Gasteiger partial charge in [0.15, 0.2) is 0 Å². The van der Waals surface area contributed by atoms with Gasteiger partial charge in [-0.05, 0) is 29.2 Å². The Kier molecular flexibility index (Phi) is 4.31. The van der Waals surface area contributed by atoms with E-state index in [9.17, 15) is 9.90 Å². The zero-order valence-corrected chi connectivity index (χ0v) is 14.5. The molecule has 3 heteroatoms. The van der Waals surface area contributed by atoms with Gasteiger partial charge in [-0.3, -0.25) is 4.79 Å². The molecular formula is C23H21NO2. The molecule has 0 spiro atoms. The van der Waals surface area contributed by atoms with Gasteiger partial charge in [-0.2, -0.15) is 0 Å². The Balaban J connectivity index is 1.87. The van der Waals surface area contributed by atoms with Gasteiger partial charge in [-0.25, -0.2) is 0 Å². The third-order valence-corrected chi connectivity index (χ3v) is 5.20. The monoisotopic (exact) mass is 343 g/mol. The standard InChI is InChI=1S/C23H21NO2/c25-16-15-23(19-11-5-2-6-12-19)20-13-7-8-14-21(20)24(22(23)26)17-18-9-3-1-4-10-18/h1-14,25H,15-17H2/t23-/m1/s1. The van der Waals surface area contributed by atoms with Crippen molar-refractivity contribution >= 4 is 11.6 Å². The van der Waals surface area contributed by atoms with Gasteiger partial charge in [0.1, 0.15) is 5.41 Å². The molecule has 0 saturated carbocycles. The Morgan fingerprint density at radius 2 is 1.42 bits per heavy atom. The number of aliphatic hydroxyl groups is 1. The molecule has 1 N–H and O–H groups in total. The van der Waals surface area contributed by atoms with Gasteiger partial charge in [0.2, 0.25) is 5.91 Å². The molecular weight excluding hydrogens is 322 g/mol. The predicted octanol–water partition coefficient (Wildman–Crippen LogP) is 3.90. The maximum atomic E-state index is 13.7. The van der Waals surface area contributed by atoms with Crippen molar-refractivity contribution in [3.8, 4) is 0 Å². The van der Waals surface area contributed by atoms with E-state index in [0.29, 0.717) is 13.0 Å². The molecule has 1 aliphatic rings. The average Bonchev–Trinajstić information content (AvgIpc) is 2.93. The second-order valence-corrected chi connectivity index (χ2v) is 6.64. The second kappa shape index (κ2) is 6.77. The molecule has 0 bridgehead atoms. The lowest BCUT2D eigenvalue weighted by Crippen LogP contribution is -2.41. The Morgan fingerprint density at radius 3 is 2.12 bits per heavy atom. The van der Waals surface area contributed by atoms with Crippen molar-refractivity contribution in [3.63, 3.8) is 0 Å². The number of rotatable bonds is 5. The Labute approximate surface area is 153 Å². The lowest BCUT2D eigenvalue weighted by Gasteiger charge is -2.29. The summed E-state index contributed by atoms with van der Waals surface area (Å²) in [6.45, 7) is 0.477. The first-order valence-electron chi connectivity index (χ1n) is 8.89. The SMILES string of the molecule is O=C1N(Cc2ccccc2)c2ccccc2[C@@]1(CCO)c1ccccc1. The highest BCUT2D eigenvalue weighted by Gasteiger charge is 2.51. The molecule has 1 aliphatic heterocycles. The van der Waals surface area contributed by atoms with Crippen molar-refractivity contribution < 1.29 is 9.90 Å². The third-order valence-electron chi connectivity index (χ3n) is 5.20. The van der Waals surface area contributed by atoms with Crippen LogP contribution in [0.1, 0.15) is 23.1 Å². The summed E-state index contributed by atoms with van der Waals surface area (Å²) in [6, 6.07) is 27.8. The summed E-state index contributed by atoms with van der Waals surface area (Å²) in [5, 5.41) is 9.80. The zero-order chi connectivity index (χ0) is 18.0. The summed E-state index contributed by atoms with van der Waals surface area (Å²) in [5.41, 5.74) is 3.09. The van der Waals surface area contributed by atoms with E-state index in [1.54, 1.807) is 0 Å². The van der Waals surface area contributed by atoms with Gasteiger partial charge >= 0.3 is 0 Å². The summed E-state index contributed by atoms with van der Waals surface area (Å²) < 4.78 is 0. The van der Waals surface area contributed by atoms with Crippen molar-refractivity contribution in [2.75, 3.05) is 11.5 Å². The predicted molar refractivity (Wildman–Crippen MR) is 103 cm³/mol. The van der Waals surface area contributed by atoms with Crippen LogP contribution in [0.5, 0.6) is 0 Å². The fraction of sp³-hybridized carbons (Fsp3) is 0.174. The van der Waals surface area contributed by atoms with E-state index < -0.39 is 5.41 Å². The molecule has 26 heavy (non-hydrogen) atoms. The van der Waals surface area contributed by atoms with Gasteiger partial charge in [-0.1, -0.05) is 78.9 Å². The van der Waals surface area contributed by atoms with E-state index >= 15 is 0 Å². The number of para-hydroxylation sites is 1. The van der Waals surface area contributed by atoms with Gasteiger partial charge in [0.25, 0.3) is 0 Å². The number of hydrogen-bond acceptors (Lipinski definition) is 2. The maximum absolute atomic E-state index is 13.7. The highest BCUT2D eigenvalue weighted by molar-refractivity contribution is 6.10. The number of anilines is 1. The lowest BCUT2D eigenvalue weighted by molar-refractivity contribution is -0.122. The molecule has 1 heterocycles. The van der Waals surface area contributed by atoms with Crippen molar-refractivity contribution in [2.24, 2.45) is 0 Å². The number of aliphatic hydroxyl groups excluding tert-OH is 1. The number of fused-ring (bicyclic) bond motifs is 1. The topological polar surface area (TPSA) is 40.5 Å². The van der Waals surface area contributed by atoms with Crippen molar-refractivity contribution in [3.05, 3.63) is 102 Å². The quantitative estimate of drug-likeness (QED) is 0.763. The van der Waals surface area contributed by atoms with Crippen LogP contribution in [0.2, 0.25) is 0 Å². The largest absolute Gasteiger partial charge is 0.396 e. The van der Waals surface area contributed by atoms with E-state index in [-0.39, 0.29) is 12.5 Å². The molecule has 0 fully saturated rings. The normalized spacial score (nSPS) is 18.8. The molecule has 3 nitrogen and oxygen atoms in total. The van der Waals surface area contributed by atoms with E-state index in [0.717, 1.165) is 22.4 Å². The number of benzene rings is 3. The van der Waals surface area contributed by atoms with Gasteiger partial charge < -0.3 is 10.0 Å². The molecule has 4 rings (SSSR count).